The van der Waals surface area contributed by atoms with E-state index in [0.717, 1.165) is 24.8 Å². The second-order valence-corrected chi connectivity index (χ2v) is 5.44. The third kappa shape index (κ3) is 3.69. The highest BCUT2D eigenvalue weighted by Crippen LogP contribution is 2.44. The first-order chi connectivity index (χ1) is 9.80. The Morgan fingerprint density at radius 2 is 2.20 bits per heavy atom. The Morgan fingerprint density at radius 3 is 2.80 bits per heavy atom. The second kappa shape index (κ2) is 7.23. The van der Waals surface area contributed by atoms with Gasteiger partial charge in [-0.25, -0.2) is 0 Å². The number of rotatable bonds is 8. The summed E-state index contributed by atoms with van der Waals surface area (Å²) < 4.78 is 0. The largest absolute Gasteiger partial charge is 0.394 e. The van der Waals surface area contributed by atoms with Crippen LogP contribution in [0.4, 0.5) is 0 Å². The maximum atomic E-state index is 9.55. The summed E-state index contributed by atoms with van der Waals surface area (Å²) in [5.74, 6) is 1.04. The Morgan fingerprint density at radius 1 is 1.45 bits per heavy atom. The van der Waals surface area contributed by atoms with Gasteiger partial charge in [-0.15, -0.1) is 6.58 Å². The van der Waals surface area contributed by atoms with Crippen molar-refractivity contribution in [1.82, 2.24) is 5.32 Å². The summed E-state index contributed by atoms with van der Waals surface area (Å²) in [6, 6.07) is 11.8. The van der Waals surface area contributed by atoms with Gasteiger partial charge in [-0.2, -0.15) is 5.26 Å². The first-order valence-corrected chi connectivity index (χ1v) is 7.22. The fourth-order valence-corrected chi connectivity index (χ4v) is 2.76. The van der Waals surface area contributed by atoms with Crippen LogP contribution in [0, 0.1) is 23.2 Å². The van der Waals surface area contributed by atoms with Crippen molar-refractivity contribution in [3.63, 3.8) is 0 Å². The molecule has 0 radical (unpaired) electrons. The van der Waals surface area contributed by atoms with Gasteiger partial charge in [0.15, 0.2) is 0 Å². The molecule has 0 aromatic heterocycles. The van der Waals surface area contributed by atoms with Crippen molar-refractivity contribution in [1.29, 1.82) is 5.26 Å². The highest BCUT2D eigenvalue weighted by Gasteiger charge is 2.42. The number of hydrogen-bond donors (Lipinski definition) is 2. The predicted molar refractivity (Wildman–Crippen MR) is 79.8 cm³/mol. The van der Waals surface area contributed by atoms with Crippen LogP contribution in [0.3, 0.4) is 0 Å². The van der Waals surface area contributed by atoms with E-state index in [-0.39, 0.29) is 18.7 Å². The minimum Gasteiger partial charge on any atom is -0.394 e. The smallest absolute Gasteiger partial charge is 0.0989 e. The van der Waals surface area contributed by atoms with Crippen molar-refractivity contribution in [3.8, 4) is 6.07 Å². The molecule has 1 aliphatic carbocycles. The Kier molecular flexibility index (Phi) is 5.34. The lowest BCUT2D eigenvalue weighted by Crippen LogP contribution is -2.35. The molecule has 1 fully saturated rings. The van der Waals surface area contributed by atoms with Crippen molar-refractivity contribution >= 4 is 0 Å². The maximum Gasteiger partial charge on any atom is 0.0989 e. The summed E-state index contributed by atoms with van der Waals surface area (Å²) in [5, 5.41) is 22.2. The maximum absolute atomic E-state index is 9.55. The second-order valence-electron chi connectivity index (χ2n) is 5.44. The Hall–Kier alpha value is -1.63. The first kappa shape index (κ1) is 14.8. The summed E-state index contributed by atoms with van der Waals surface area (Å²) in [5.41, 5.74) is 1.03. The molecule has 0 spiro atoms. The van der Waals surface area contributed by atoms with E-state index in [2.05, 4.69) is 18.0 Å². The first-order valence-electron chi connectivity index (χ1n) is 7.22. The van der Waals surface area contributed by atoms with Crippen molar-refractivity contribution in [2.45, 2.75) is 31.3 Å². The zero-order valence-electron chi connectivity index (χ0n) is 11.7. The van der Waals surface area contributed by atoms with Gasteiger partial charge >= 0.3 is 0 Å². The van der Waals surface area contributed by atoms with Crippen LogP contribution in [0.2, 0.25) is 0 Å². The minimum absolute atomic E-state index is 0.00619. The van der Waals surface area contributed by atoms with E-state index < -0.39 is 0 Å². The van der Waals surface area contributed by atoms with E-state index in [1.807, 2.05) is 36.4 Å². The normalized spacial score (nSPS) is 23.6. The highest BCUT2D eigenvalue weighted by molar-refractivity contribution is 5.20. The Labute approximate surface area is 120 Å². The average molecular weight is 270 g/mol. The van der Waals surface area contributed by atoms with Crippen molar-refractivity contribution < 1.29 is 5.11 Å². The number of nitriles is 1. The van der Waals surface area contributed by atoms with Crippen LogP contribution in [0.1, 0.15) is 30.9 Å². The van der Waals surface area contributed by atoms with Gasteiger partial charge in [0.2, 0.25) is 0 Å². The fourth-order valence-electron chi connectivity index (χ4n) is 2.76. The molecule has 1 aliphatic rings. The van der Waals surface area contributed by atoms with Crippen LogP contribution in [-0.2, 0) is 0 Å². The zero-order valence-corrected chi connectivity index (χ0v) is 11.7. The van der Waals surface area contributed by atoms with Crippen LogP contribution >= 0.6 is 0 Å². The SMILES string of the molecule is C=CCC[C@@H]1CC1C(C#N)N[C@@H](CO)c1ccccc1. The predicted octanol–water partition coefficient (Wildman–Crippen LogP) is 2.80. The number of nitrogens with zero attached hydrogens (tertiary/aromatic N) is 1. The van der Waals surface area contributed by atoms with E-state index in [9.17, 15) is 10.4 Å². The fraction of sp³-hybridized carbons (Fsp3) is 0.471. The molecule has 1 aromatic rings. The minimum atomic E-state index is -0.179. The topological polar surface area (TPSA) is 56.0 Å². The molecule has 1 saturated carbocycles. The Bertz CT molecular complexity index is 466. The van der Waals surface area contributed by atoms with Gasteiger partial charge in [0, 0.05) is 0 Å². The number of aliphatic hydroxyl groups excluding tert-OH is 1. The molecule has 106 valence electrons. The van der Waals surface area contributed by atoms with E-state index in [4.69, 9.17) is 0 Å². The molecule has 3 heteroatoms. The summed E-state index contributed by atoms with van der Waals surface area (Å²) in [6.07, 6.45) is 5.17. The van der Waals surface area contributed by atoms with Crippen molar-refractivity contribution in [2.75, 3.05) is 6.61 Å². The van der Waals surface area contributed by atoms with Gasteiger partial charge in [-0.05, 0) is 36.7 Å². The number of aliphatic hydroxyl groups is 1. The molecule has 0 saturated heterocycles. The zero-order chi connectivity index (χ0) is 14.4. The van der Waals surface area contributed by atoms with Gasteiger partial charge in [0.1, 0.15) is 0 Å². The molecule has 0 bridgehead atoms. The van der Waals surface area contributed by atoms with Crippen LogP contribution in [0.15, 0.2) is 43.0 Å². The number of allylic oxidation sites excluding steroid dienone is 1. The summed E-state index contributed by atoms with van der Waals surface area (Å²) in [7, 11) is 0. The van der Waals surface area contributed by atoms with Crippen molar-refractivity contribution in [2.24, 2.45) is 11.8 Å². The van der Waals surface area contributed by atoms with Crippen LogP contribution < -0.4 is 5.32 Å². The number of nitrogens with one attached hydrogen (secondary N) is 1. The van der Waals surface area contributed by atoms with Gasteiger partial charge in [-0.3, -0.25) is 5.32 Å². The molecule has 2 unspecified atom stereocenters. The number of hydrogen-bond acceptors (Lipinski definition) is 3. The third-order valence-corrected chi connectivity index (χ3v) is 4.05. The summed E-state index contributed by atoms with van der Waals surface area (Å²) >= 11 is 0. The standard InChI is InChI=1S/C17H22N2O/c1-2-3-7-14-10-15(14)16(11-18)19-17(12-20)13-8-5-4-6-9-13/h2,4-6,8-9,14-17,19-20H,1,3,7,10,12H2/t14-,15?,16?,17+/m1/s1. The summed E-state index contributed by atoms with van der Waals surface area (Å²) in [4.78, 5) is 0. The molecule has 2 N–H and O–H groups in total. The molecule has 1 aromatic carbocycles. The molecule has 4 atom stereocenters. The summed E-state index contributed by atoms with van der Waals surface area (Å²) in [6.45, 7) is 3.74. The monoisotopic (exact) mass is 270 g/mol. The van der Waals surface area contributed by atoms with Gasteiger partial charge < -0.3 is 5.11 Å². The molecule has 0 amide bonds. The van der Waals surface area contributed by atoms with Crippen LogP contribution in [0.5, 0.6) is 0 Å². The van der Waals surface area contributed by atoms with Gasteiger partial charge in [-0.1, -0.05) is 36.4 Å². The van der Waals surface area contributed by atoms with E-state index in [1.165, 1.54) is 0 Å². The lowest BCUT2D eigenvalue weighted by Gasteiger charge is -2.20. The highest BCUT2D eigenvalue weighted by atomic mass is 16.3. The quantitative estimate of drug-likeness (QED) is 0.714. The lowest BCUT2D eigenvalue weighted by molar-refractivity contribution is 0.235. The number of benzene rings is 1. The molecule has 3 nitrogen and oxygen atoms in total. The average Bonchev–Trinajstić information content (AvgIpc) is 3.27. The van der Waals surface area contributed by atoms with E-state index in [1.54, 1.807) is 0 Å². The van der Waals surface area contributed by atoms with Gasteiger partial charge in [0.05, 0.1) is 24.8 Å². The molecule has 0 heterocycles. The van der Waals surface area contributed by atoms with Crippen LogP contribution in [-0.4, -0.2) is 17.8 Å². The van der Waals surface area contributed by atoms with Gasteiger partial charge in [0.25, 0.3) is 0 Å². The molecule has 0 aliphatic heterocycles. The van der Waals surface area contributed by atoms with E-state index in [0.29, 0.717) is 11.8 Å². The molecule has 2 rings (SSSR count). The molecular formula is C17H22N2O. The van der Waals surface area contributed by atoms with Crippen LogP contribution in [0.25, 0.3) is 0 Å². The Balaban J connectivity index is 1.93. The van der Waals surface area contributed by atoms with E-state index >= 15 is 0 Å². The van der Waals surface area contributed by atoms with Crippen molar-refractivity contribution in [3.05, 3.63) is 48.6 Å². The lowest BCUT2D eigenvalue weighted by atomic mass is 10.0. The molecule has 20 heavy (non-hydrogen) atoms. The third-order valence-electron chi connectivity index (χ3n) is 4.05. The molecular weight excluding hydrogens is 248 g/mol.